The van der Waals surface area contributed by atoms with Crippen LogP contribution in [0.3, 0.4) is 0 Å². The van der Waals surface area contributed by atoms with E-state index in [1.54, 1.807) is 25.2 Å². The van der Waals surface area contributed by atoms with Crippen molar-refractivity contribution >= 4 is 23.1 Å². The Labute approximate surface area is 137 Å². The Bertz CT molecular complexity index is 798. The molecule has 2 aromatic heterocycles. The molecular weight excluding hydrogens is 312 g/mol. The molecule has 1 atom stereocenters. The number of amides is 2. The Kier molecular flexibility index (Phi) is 4.38. The summed E-state index contributed by atoms with van der Waals surface area (Å²) >= 11 is 1.66. The predicted molar refractivity (Wildman–Crippen MR) is 89.4 cm³/mol. The zero-order valence-electron chi connectivity index (χ0n) is 12.7. The Morgan fingerprint density at radius 2 is 2.17 bits per heavy atom. The minimum atomic E-state index is -0.364. The van der Waals surface area contributed by atoms with Crippen LogP contribution in [0, 0.1) is 6.92 Å². The van der Waals surface area contributed by atoms with E-state index >= 15 is 0 Å². The Morgan fingerprint density at radius 1 is 1.30 bits per heavy atom. The Balaban J connectivity index is 1.65. The van der Waals surface area contributed by atoms with Crippen molar-refractivity contribution in [2.45, 2.75) is 19.9 Å². The van der Waals surface area contributed by atoms with E-state index in [1.165, 1.54) is 0 Å². The van der Waals surface area contributed by atoms with Gasteiger partial charge in [0.05, 0.1) is 0 Å². The van der Waals surface area contributed by atoms with Gasteiger partial charge in [0.1, 0.15) is 6.04 Å². The zero-order valence-corrected chi connectivity index (χ0v) is 13.6. The summed E-state index contributed by atoms with van der Waals surface area (Å²) in [7, 11) is 0. The van der Waals surface area contributed by atoms with Gasteiger partial charge in [-0.05, 0) is 43.0 Å². The molecule has 0 saturated carbocycles. The molecule has 3 aromatic rings. The second kappa shape index (κ2) is 6.62. The highest BCUT2D eigenvalue weighted by Crippen LogP contribution is 2.26. The van der Waals surface area contributed by atoms with Crippen LogP contribution in [0.4, 0.5) is 10.5 Å². The number of aryl methyl sites for hydroxylation is 1. The molecule has 2 amide bonds. The minimum Gasteiger partial charge on any atom is -0.337 e. The van der Waals surface area contributed by atoms with Gasteiger partial charge in [0.15, 0.2) is 5.82 Å². The van der Waals surface area contributed by atoms with Crippen LogP contribution in [0.15, 0.2) is 46.3 Å². The lowest BCUT2D eigenvalue weighted by Gasteiger charge is -2.11. The highest BCUT2D eigenvalue weighted by atomic mass is 32.1. The number of carbonyl (C=O) groups excluding carboxylic acids is 1. The van der Waals surface area contributed by atoms with E-state index in [9.17, 15) is 4.79 Å². The van der Waals surface area contributed by atoms with Gasteiger partial charge < -0.3 is 15.2 Å². The van der Waals surface area contributed by atoms with Crippen LogP contribution in [0.5, 0.6) is 0 Å². The molecule has 1 aromatic carbocycles. The molecule has 0 aliphatic rings. The molecule has 0 fully saturated rings. The SMILES string of the molecule is Cc1noc(C(C)NC(=O)Nc2cccc(-c3cccs3)c2)n1. The van der Waals surface area contributed by atoms with Gasteiger partial charge in [-0.25, -0.2) is 4.79 Å². The zero-order chi connectivity index (χ0) is 16.2. The van der Waals surface area contributed by atoms with Gasteiger partial charge in [0.25, 0.3) is 0 Å². The summed E-state index contributed by atoms with van der Waals surface area (Å²) in [5.74, 6) is 0.919. The van der Waals surface area contributed by atoms with Crippen LogP contribution in [0.25, 0.3) is 10.4 Å². The fraction of sp³-hybridized carbons (Fsp3) is 0.188. The monoisotopic (exact) mass is 328 g/mol. The fourth-order valence-electron chi connectivity index (χ4n) is 2.11. The largest absolute Gasteiger partial charge is 0.337 e. The number of hydrogen-bond acceptors (Lipinski definition) is 5. The average Bonchev–Trinajstić information content (AvgIpc) is 3.18. The lowest BCUT2D eigenvalue weighted by molar-refractivity contribution is 0.245. The topological polar surface area (TPSA) is 80.0 Å². The van der Waals surface area contributed by atoms with Crippen molar-refractivity contribution in [3.05, 3.63) is 53.5 Å². The summed E-state index contributed by atoms with van der Waals surface area (Å²) in [4.78, 5) is 17.3. The van der Waals surface area contributed by atoms with E-state index in [4.69, 9.17) is 4.52 Å². The van der Waals surface area contributed by atoms with Crippen LogP contribution < -0.4 is 10.6 Å². The van der Waals surface area contributed by atoms with Gasteiger partial charge in [-0.3, -0.25) is 0 Å². The maximum absolute atomic E-state index is 12.1. The molecule has 2 N–H and O–H groups in total. The van der Waals surface area contributed by atoms with E-state index in [1.807, 2.05) is 41.8 Å². The van der Waals surface area contributed by atoms with Crippen LogP contribution in [0.2, 0.25) is 0 Å². The van der Waals surface area contributed by atoms with Crippen LogP contribution in [0.1, 0.15) is 24.7 Å². The normalized spacial score (nSPS) is 11.9. The number of rotatable bonds is 4. The molecule has 0 spiro atoms. The molecule has 118 valence electrons. The van der Waals surface area contributed by atoms with Crippen LogP contribution in [-0.4, -0.2) is 16.2 Å². The summed E-state index contributed by atoms with van der Waals surface area (Å²) in [5.41, 5.74) is 1.79. The van der Waals surface area contributed by atoms with Crippen LogP contribution in [-0.2, 0) is 0 Å². The Morgan fingerprint density at radius 3 is 2.87 bits per heavy atom. The van der Waals surface area contributed by atoms with Gasteiger partial charge in [-0.2, -0.15) is 4.98 Å². The van der Waals surface area contributed by atoms with E-state index in [0.29, 0.717) is 11.7 Å². The second-order valence-corrected chi connectivity index (χ2v) is 6.01. The molecule has 0 bridgehead atoms. The molecule has 2 heterocycles. The van der Waals surface area contributed by atoms with Crippen molar-refractivity contribution in [2.24, 2.45) is 0 Å². The summed E-state index contributed by atoms with van der Waals surface area (Å²) in [6.45, 7) is 3.52. The number of benzene rings is 1. The fourth-order valence-corrected chi connectivity index (χ4v) is 2.83. The van der Waals surface area contributed by atoms with Gasteiger partial charge in [0, 0.05) is 10.6 Å². The maximum atomic E-state index is 12.1. The van der Waals surface area contributed by atoms with Gasteiger partial charge in [-0.1, -0.05) is 23.4 Å². The molecule has 6 nitrogen and oxygen atoms in total. The van der Waals surface area contributed by atoms with E-state index in [0.717, 1.165) is 16.1 Å². The maximum Gasteiger partial charge on any atom is 0.319 e. The third-order valence-corrected chi connectivity index (χ3v) is 4.11. The Hall–Kier alpha value is -2.67. The number of carbonyl (C=O) groups is 1. The summed E-state index contributed by atoms with van der Waals surface area (Å²) in [5, 5.41) is 11.3. The van der Waals surface area contributed by atoms with Crippen molar-refractivity contribution in [3.8, 4) is 10.4 Å². The first-order valence-corrected chi connectivity index (χ1v) is 8.01. The molecule has 0 aliphatic heterocycles. The van der Waals surface area contributed by atoms with Gasteiger partial charge >= 0.3 is 6.03 Å². The van der Waals surface area contributed by atoms with Crippen molar-refractivity contribution in [2.75, 3.05) is 5.32 Å². The first-order chi connectivity index (χ1) is 11.1. The average molecular weight is 328 g/mol. The van der Waals surface area contributed by atoms with Gasteiger partial charge in [0.2, 0.25) is 5.89 Å². The lowest BCUT2D eigenvalue weighted by Crippen LogP contribution is -2.31. The number of nitrogens with one attached hydrogen (secondary N) is 2. The number of urea groups is 1. The summed E-state index contributed by atoms with van der Waals surface area (Å²) in [6.07, 6.45) is 0. The van der Waals surface area contributed by atoms with E-state index < -0.39 is 0 Å². The first kappa shape index (κ1) is 15.2. The second-order valence-electron chi connectivity index (χ2n) is 5.06. The number of hydrogen-bond donors (Lipinski definition) is 2. The number of anilines is 1. The lowest BCUT2D eigenvalue weighted by atomic mass is 10.1. The molecule has 1 unspecified atom stereocenters. The van der Waals surface area contributed by atoms with E-state index in [-0.39, 0.29) is 12.1 Å². The molecule has 0 aliphatic carbocycles. The highest BCUT2D eigenvalue weighted by Gasteiger charge is 2.15. The standard InChI is InChI=1S/C16H16N4O2S/c1-10(15-18-11(2)20-22-15)17-16(21)19-13-6-3-5-12(9-13)14-7-4-8-23-14/h3-10H,1-2H3,(H2,17,19,21). The third kappa shape index (κ3) is 3.75. The molecule has 0 radical (unpaired) electrons. The molecule has 7 heteroatoms. The number of aromatic nitrogens is 2. The quantitative estimate of drug-likeness (QED) is 0.759. The minimum absolute atomic E-state index is 0.323. The van der Waals surface area contributed by atoms with Crippen molar-refractivity contribution < 1.29 is 9.32 Å². The molecule has 23 heavy (non-hydrogen) atoms. The predicted octanol–water partition coefficient (Wildman–Crippen LogP) is 3.99. The summed E-state index contributed by atoms with van der Waals surface area (Å²) in [6, 6.07) is 11.1. The smallest absolute Gasteiger partial charge is 0.319 e. The van der Waals surface area contributed by atoms with E-state index in [2.05, 4.69) is 20.8 Å². The molecular formula is C16H16N4O2S. The van der Waals surface area contributed by atoms with Gasteiger partial charge in [-0.15, -0.1) is 11.3 Å². The highest BCUT2D eigenvalue weighted by molar-refractivity contribution is 7.13. The van der Waals surface area contributed by atoms with Crippen LogP contribution >= 0.6 is 11.3 Å². The number of thiophene rings is 1. The number of nitrogens with zero attached hydrogens (tertiary/aromatic N) is 2. The van der Waals surface area contributed by atoms with Crippen molar-refractivity contribution in [3.63, 3.8) is 0 Å². The van der Waals surface area contributed by atoms with Crippen molar-refractivity contribution in [1.29, 1.82) is 0 Å². The molecule has 3 rings (SSSR count). The van der Waals surface area contributed by atoms with Crippen molar-refractivity contribution in [1.82, 2.24) is 15.5 Å². The summed E-state index contributed by atoms with van der Waals surface area (Å²) < 4.78 is 5.04. The third-order valence-electron chi connectivity index (χ3n) is 3.19. The first-order valence-electron chi connectivity index (χ1n) is 7.13. The molecule has 0 saturated heterocycles.